The predicted molar refractivity (Wildman–Crippen MR) is 71.7 cm³/mol. The van der Waals surface area contributed by atoms with Gasteiger partial charge in [-0.3, -0.25) is 0 Å². The van der Waals surface area contributed by atoms with Gasteiger partial charge in [-0.15, -0.1) is 0 Å². The van der Waals surface area contributed by atoms with Crippen LogP contribution in [0.2, 0.25) is 0 Å². The van der Waals surface area contributed by atoms with Gasteiger partial charge >= 0.3 is 6.61 Å². The Morgan fingerprint density at radius 3 is 2.74 bits per heavy atom. The highest BCUT2D eigenvalue weighted by molar-refractivity contribution is 5.46. The third-order valence-corrected chi connectivity index (χ3v) is 3.56. The number of hydrogen-bond acceptors (Lipinski definition) is 2. The van der Waals surface area contributed by atoms with Crippen molar-refractivity contribution in [2.24, 2.45) is 5.92 Å². The molecule has 0 bridgehead atoms. The molecule has 2 atom stereocenters. The van der Waals surface area contributed by atoms with Crippen molar-refractivity contribution < 1.29 is 13.5 Å². The molecule has 2 rings (SSSR count). The first kappa shape index (κ1) is 14.3. The van der Waals surface area contributed by atoms with E-state index >= 15 is 0 Å². The minimum atomic E-state index is -2.77. The lowest BCUT2D eigenvalue weighted by Gasteiger charge is -2.33. The number of rotatable bonds is 4. The summed E-state index contributed by atoms with van der Waals surface area (Å²) in [4.78, 5) is 0. The van der Waals surface area contributed by atoms with Gasteiger partial charge in [-0.2, -0.15) is 8.78 Å². The van der Waals surface area contributed by atoms with E-state index in [1.54, 1.807) is 12.1 Å². The second-order valence-electron chi connectivity index (χ2n) is 5.63. The van der Waals surface area contributed by atoms with E-state index in [0.29, 0.717) is 11.7 Å². The Morgan fingerprint density at radius 1 is 1.37 bits per heavy atom. The second kappa shape index (κ2) is 5.87. The Bertz CT molecular complexity index is 434. The van der Waals surface area contributed by atoms with Crippen LogP contribution in [0.5, 0.6) is 5.75 Å². The van der Waals surface area contributed by atoms with Gasteiger partial charge in [-0.25, -0.2) is 0 Å². The van der Waals surface area contributed by atoms with Gasteiger partial charge in [0.2, 0.25) is 0 Å². The lowest BCUT2D eigenvalue weighted by Crippen LogP contribution is -2.33. The molecule has 0 aliphatic carbocycles. The lowest BCUT2D eigenvalue weighted by molar-refractivity contribution is -0.0507. The van der Waals surface area contributed by atoms with Crippen molar-refractivity contribution in [1.82, 2.24) is 5.32 Å². The minimum absolute atomic E-state index is 0.188. The second-order valence-corrected chi connectivity index (χ2v) is 5.63. The van der Waals surface area contributed by atoms with Gasteiger partial charge in [0, 0.05) is 18.2 Å². The summed E-state index contributed by atoms with van der Waals surface area (Å²) in [5.41, 5.74) is 2.04. The van der Waals surface area contributed by atoms with Crippen LogP contribution in [0.1, 0.15) is 50.3 Å². The maximum absolute atomic E-state index is 12.5. The molecule has 1 aromatic carbocycles. The fraction of sp³-hybridized carbons (Fsp3) is 0.600. The van der Waals surface area contributed by atoms with Gasteiger partial charge in [-0.05, 0) is 29.9 Å². The monoisotopic (exact) mass is 269 g/mol. The number of ether oxygens (including phenoxy) is 1. The maximum atomic E-state index is 12.5. The van der Waals surface area contributed by atoms with Crippen LogP contribution in [-0.2, 0) is 0 Å². The van der Waals surface area contributed by atoms with E-state index in [-0.39, 0.29) is 12.0 Å². The molecule has 1 aliphatic heterocycles. The summed E-state index contributed by atoms with van der Waals surface area (Å²) in [7, 11) is 0. The molecule has 1 aliphatic rings. The van der Waals surface area contributed by atoms with E-state index < -0.39 is 6.61 Å². The number of fused-ring (bicyclic) bond motifs is 1. The maximum Gasteiger partial charge on any atom is 0.387 e. The van der Waals surface area contributed by atoms with Crippen LogP contribution in [0.25, 0.3) is 0 Å². The molecule has 2 nitrogen and oxygen atoms in total. The van der Waals surface area contributed by atoms with Gasteiger partial charge in [-0.1, -0.05) is 32.9 Å². The first-order chi connectivity index (χ1) is 8.99. The predicted octanol–water partition coefficient (Wildman–Crippen LogP) is 4.08. The van der Waals surface area contributed by atoms with Crippen LogP contribution in [-0.4, -0.2) is 13.2 Å². The molecule has 0 radical (unpaired) electrons. The molecule has 0 spiro atoms. The normalized spacial score (nSPS) is 22.7. The molecular weight excluding hydrogens is 248 g/mol. The Labute approximate surface area is 113 Å². The highest BCUT2D eigenvalue weighted by Crippen LogP contribution is 2.39. The number of alkyl halides is 2. The third kappa shape index (κ3) is 3.24. The van der Waals surface area contributed by atoms with Crippen molar-refractivity contribution in [1.29, 1.82) is 0 Å². The van der Waals surface area contributed by atoms with Crippen LogP contribution in [0.15, 0.2) is 18.2 Å². The molecule has 1 heterocycles. The number of hydrogen-bond donors (Lipinski definition) is 1. The standard InChI is InChI=1S/C15H21F2NO/c1-9(2)7-12-11-5-4-6-13(19-15(16)17)14(11)10(3)8-18-12/h4-6,9-10,12,15,18H,7-8H2,1-3H3. The van der Waals surface area contributed by atoms with Crippen molar-refractivity contribution in [3.05, 3.63) is 29.3 Å². The Balaban J connectivity index is 2.36. The van der Waals surface area contributed by atoms with Crippen LogP contribution >= 0.6 is 0 Å². The van der Waals surface area contributed by atoms with Gasteiger partial charge in [0.1, 0.15) is 5.75 Å². The Morgan fingerprint density at radius 2 is 2.11 bits per heavy atom. The zero-order valence-electron chi connectivity index (χ0n) is 11.6. The summed E-state index contributed by atoms with van der Waals surface area (Å²) >= 11 is 0. The average molecular weight is 269 g/mol. The van der Waals surface area contributed by atoms with Crippen molar-refractivity contribution >= 4 is 0 Å². The molecule has 0 saturated carbocycles. The fourth-order valence-electron chi connectivity index (χ4n) is 2.80. The van der Waals surface area contributed by atoms with E-state index in [2.05, 4.69) is 23.9 Å². The van der Waals surface area contributed by atoms with Crippen LogP contribution in [0, 0.1) is 5.92 Å². The summed E-state index contributed by atoms with van der Waals surface area (Å²) in [6.07, 6.45) is 0.998. The number of nitrogens with one attached hydrogen (secondary N) is 1. The Kier molecular flexibility index (Phi) is 4.40. The fourth-order valence-corrected chi connectivity index (χ4v) is 2.80. The van der Waals surface area contributed by atoms with Crippen molar-refractivity contribution in [2.45, 2.75) is 45.8 Å². The molecular formula is C15H21F2NO. The molecule has 0 saturated heterocycles. The molecule has 0 amide bonds. The van der Waals surface area contributed by atoms with E-state index in [0.717, 1.165) is 24.1 Å². The van der Waals surface area contributed by atoms with Gasteiger partial charge < -0.3 is 10.1 Å². The van der Waals surface area contributed by atoms with Gasteiger partial charge in [0.05, 0.1) is 0 Å². The molecule has 106 valence electrons. The minimum Gasteiger partial charge on any atom is -0.435 e. The summed E-state index contributed by atoms with van der Waals surface area (Å²) < 4.78 is 29.6. The van der Waals surface area contributed by atoms with Gasteiger partial charge in [0.25, 0.3) is 0 Å². The first-order valence-corrected chi connectivity index (χ1v) is 6.80. The first-order valence-electron chi connectivity index (χ1n) is 6.80. The molecule has 4 heteroatoms. The quantitative estimate of drug-likeness (QED) is 0.889. The Hall–Kier alpha value is -1.16. The zero-order valence-corrected chi connectivity index (χ0v) is 11.6. The highest BCUT2D eigenvalue weighted by atomic mass is 19.3. The van der Waals surface area contributed by atoms with E-state index in [4.69, 9.17) is 0 Å². The topological polar surface area (TPSA) is 21.3 Å². The smallest absolute Gasteiger partial charge is 0.387 e. The number of benzene rings is 1. The molecule has 0 aromatic heterocycles. The van der Waals surface area contributed by atoms with Crippen LogP contribution < -0.4 is 10.1 Å². The average Bonchev–Trinajstić information content (AvgIpc) is 2.31. The third-order valence-electron chi connectivity index (χ3n) is 3.56. The van der Waals surface area contributed by atoms with E-state index in [9.17, 15) is 8.78 Å². The molecule has 1 N–H and O–H groups in total. The molecule has 0 fully saturated rings. The van der Waals surface area contributed by atoms with E-state index in [1.165, 1.54) is 0 Å². The van der Waals surface area contributed by atoms with Crippen LogP contribution in [0.4, 0.5) is 8.78 Å². The summed E-state index contributed by atoms with van der Waals surface area (Å²) in [5.74, 6) is 1.07. The lowest BCUT2D eigenvalue weighted by atomic mass is 9.84. The highest BCUT2D eigenvalue weighted by Gasteiger charge is 2.28. The number of halogens is 2. The van der Waals surface area contributed by atoms with Crippen molar-refractivity contribution in [3.63, 3.8) is 0 Å². The molecule has 19 heavy (non-hydrogen) atoms. The summed E-state index contributed by atoms with van der Waals surface area (Å²) in [6, 6.07) is 5.68. The van der Waals surface area contributed by atoms with E-state index in [1.807, 2.05) is 13.0 Å². The molecule has 2 unspecified atom stereocenters. The van der Waals surface area contributed by atoms with Crippen molar-refractivity contribution in [2.75, 3.05) is 6.54 Å². The van der Waals surface area contributed by atoms with Crippen LogP contribution in [0.3, 0.4) is 0 Å². The molecule has 1 aromatic rings. The summed E-state index contributed by atoms with van der Waals surface area (Å²) in [6.45, 7) is 4.40. The zero-order chi connectivity index (χ0) is 14.0. The largest absolute Gasteiger partial charge is 0.435 e. The van der Waals surface area contributed by atoms with Gasteiger partial charge in [0.15, 0.2) is 0 Å². The summed E-state index contributed by atoms with van der Waals surface area (Å²) in [5, 5.41) is 3.49. The SMILES string of the molecule is CC(C)CC1NCC(C)c2c(OC(F)F)cccc21. The van der Waals surface area contributed by atoms with Crippen molar-refractivity contribution in [3.8, 4) is 5.75 Å².